The van der Waals surface area contributed by atoms with Crippen LogP contribution < -0.4 is 9.47 Å². The van der Waals surface area contributed by atoms with Crippen molar-refractivity contribution in [2.24, 2.45) is 0 Å². The first-order chi connectivity index (χ1) is 10.4. The minimum Gasteiger partial charge on any atom is -0.497 e. The zero-order valence-electron chi connectivity index (χ0n) is 11.5. The Morgan fingerprint density at radius 1 is 0.909 bits per heavy atom. The van der Waals surface area contributed by atoms with E-state index in [2.05, 4.69) is 4.74 Å². The molecule has 3 aromatic rings. The lowest BCUT2D eigenvalue weighted by atomic mass is 10.1. The highest BCUT2D eigenvalue weighted by molar-refractivity contribution is 7.22. The van der Waals surface area contributed by atoms with Crippen LogP contribution in [0, 0.1) is 0 Å². The third-order valence-electron chi connectivity index (χ3n) is 3.10. The van der Waals surface area contributed by atoms with Crippen LogP contribution in [-0.4, -0.2) is 13.5 Å². The normalized spacial score (nSPS) is 11.6. The molecule has 3 rings (SSSR count). The van der Waals surface area contributed by atoms with Crippen molar-refractivity contribution in [3.05, 3.63) is 48.5 Å². The minimum atomic E-state index is -4.67. The lowest BCUT2D eigenvalue weighted by Gasteiger charge is -2.08. The molecule has 0 fully saturated rings. The fourth-order valence-corrected chi connectivity index (χ4v) is 3.20. The van der Waals surface area contributed by atoms with Gasteiger partial charge in [0.1, 0.15) is 11.5 Å². The molecule has 0 amide bonds. The van der Waals surface area contributed by atoms with Crippen LogP contribution in [0.25, 0.3) is 20.5 Å². The molecule has 0 aliphatic carbocycles. The lowest BCUT2D eigenvalue weighted by molar-refractivity contribution is -0.274. The fraction of sp³-hybridized carbons (Fsp3) is 0.125. The van der Waals surface area contributed by atoms with Crippen molar-refractivity contribution in [1.29, 1.82) is 0 Å². The zero-order chi connectivity index (χ0) is 15.7. The summed E-state index contributed by atoms with van der Waals surface area (Å²) in [5.41, 5.74) is 0.842. The molecule has 0 aliphatic rings. The SMILES string of the molecule is COc1ccc2cc(-c3ccc(OC(F)(F)F)cc3)sc2c1. The van der Waals surface area contributed by atoms with Gasteiger partial charge in [0.15, 0.2) is 0 Å². The first-order valence-corrected chi connectivity index (χ1v) is 7.20. The van der Waals surface area contributed by atoms with Gasteiger partial charge >= 0.3 is 6.36 Å². The summed E-state index contributed by atoms with van der Waals surface area (Å²) in [7, 11) is 1.61. The van der Waals surface area contributed by atoms with Gasteiger partial charge in [-0.15, -0.1) is 24.5 Å². The summed E-state index contributed by atoms with van der Waals surface area (Å²) in [5.74, 6) is 0.550. The Labute approximate surface area is 128 Å². The van der Waals surface area contributed by atoms with Gasteiger partial charge in [-0.05, 0) is 59.5 Å². The summed E-state index contributed by atoms with van der Waals surface area (Å²) in [4.78, 5) is 0.974. The summed E-state index contributed by atoms with van der Waals surface area (Å²) < 4.78 is 46.5. The van der Waals surface area contributed by atoms with E-state index in [4.69, 9.17) is 4.74 Å². The topological polar surface area (TPSA) is 18.5 Å². The molecule has 1 aromatic heterocycles. The van der Waals surface area contributed by atoms with E-state index in [1.165, 1.54) is 12.1 Å². The molecule has 6 heteroatoms. The van der Waals surface area contributed by atoms with Gasteiger partial charge in [0.25, 0.3) is 0 Å². The quantitative estimate of drug-likeness (QED) is 0.635. The van der Waals surface area contributed by atoms with Crippen molar-refractivity contribution in [1.82, 2.24) is 0 Å². The van der Waals surface area contributed by atoms with Crippen LogP contribution in [0.4, 0.5) is 13.2 Å². The smallest absolute Gasteiger partial charge is 0.497 e. The molecule has 0 radical (unpaired) electrons. The molecule has 2 aromatic carbocycles. The average molecular weight is 324 g/mol. The van der Waals surface area contributed by atoms with Gasteiger partial charge in [0, 0.05) is 9.58 Å². The summed E-state index contributed by atoms with van der Waals surface area (Å²) in [6.45, 7) is 0. The number of halogens is 3. The number of fused-ring (bicyclic) bond motifs is 1. The number of thiophene rings is 1. The van der Waals surface area contributed by atoms with Gasteiger partial charge in [-0.25, -0.2) is 0 Å². The first kappa shape index (κ1) is 14.7. The minimum absolute atomic E-state index is 0.223. The molecule has 0 saturated carbocycles. The largest absolute Gasteiger partial charge is 0.573 e. The van der Waals surface area contributed by atoms with E-state index in [-0.39, 0.29) is 5.75 Å². The second kappa shape index (κ2) is 5.53. The van der Waals surface area contributed by atoms with Crippen LogP contribution in [0.15, 0.2) is 48.5 Å². The molecule has 0 atom stereocenters. The highest BCUT2D eigenvalue weighted by atomic mass is 32.1. The summed E-state index contributed by atoms with van der Waals surface area (Å²) >= 11 is 1.56. The summed E-state index contributed by atoms with van der Waals surface area (Å²) in [5, 5.41) is 1.07. The van der Waals surface area contributed by atoms with Crippen molar-refractivity contribution >= 4 is 21.4 Å². The Bertz CT molecular complexity index is 791. The third-order valence-corrected chi connectivity index (χ3v) is 4.25. The van der Waals surface area contributed by atoms with Crippen molar-refractivity contribution in [2.75, 3.05) is 7.11 Å². The molecule has 0 bridgehead atoms. The molecule has 0 unspecified atom stereocenters. The van der Waals surface area contributed by atoms with Crippen LogP contribution in [0.1, 0.15) is 0 Å². The monoisotopic (exact) mass is 324 g/mol. The molecule has 0 N–H and O–H groups in total. The predicted octanol–water partition coefficient (Wildman–Crippen LogP) is 5.48. The van der Waals surface area contributed by atoms with E-state index in [0.717, 1.165) is 26.3 Å². The average Bonchev–Trinajstić information content (AvgIpc) is 2.89. The Balaban J connectivity index is 1.90. The Kier molecular flexibility index (Phi) is 3.70. The van der Waals surface area contributed by atoms with E-state index in [9.17, 15) is 13.2 Å². The van der Waals surface area contributed by atoms with E-state index >= 15 is 0 Å². The molecule has 1 heterocycles. The van der Waals surface area contributed by atoms with Crippen molar-refractivity contribution < 1.29 is 22.6 Å². The number of methoxy groups -OCH3 is 1. The van der Waals surface area contributed by atoms with Crippen LogP contribution >= 0.6 is 11.3 Å². The van der Waals surface area contributed by atoms with Gasteiger partial charge in [-0.3, -0.25) is 0 Å². The fourth-order valence-electron chi connectivity index (χ4n) is 2.10. The van der Waals surface area contributed by atoms with Gasteiger partial charge < -0.3 is 9.47 Å². The highest BCUT2D eigenvalue weighted by Gasteiger charge is 2.30. The van der Waals surface area contributed by atoms with Gasteiger partial charge in [0.2, 0.25) is 0 Å². The van der Waals surface area contributed by atoms with Crippen LogP contribution in [0.5, 0.6) is 11.5 Å². The lowest BCUT2D eigenvalue weighted by Crippen LogP contribution is -2.16. The van der Waals surface area contributed by atoms with E-state index in [0.29, 0.717) is 0 Å². The summed E-state index contributed by atoms with van der Waals surface area (Å²) in [6, 6.07) is 13.6. The highest BCUT2D eigenvalue weighted by Crippen LogP contribution is 2.36. The van der Waals surface area contributed by atoms with Gasteiger partial charge in [0.05, 0.1) is 7.11 Å². The van der Waals surface area contributed by atoms with Crippen LogP contribution in [-0.2, 0) is 0 Å². The number of benzene rings is 2. The Hall–Kier alpha value is -2.21. The van der Waals surface area contributed by atoms with E-state index in [1.54, 1.807) is 30.6 Å². The summed E-state index contributed by atoms with van der Waals surface area (Å²) in [6.07, 6.45) is -4.67. The number of hydrogen-bond donors (Lipinski definition) is 0. The van der Waals surface area contributed by atoms with Crippen molar-refractivity contribution in [3.63, 3.8) is 0 Å². The molecule has 0 aliphatic heterocycles. The Morgan fingerprint density at radius 2 is 1.59 bits per heavy atom. The molecule has 2 nitrogen and oxygen atoms in total. The number of hydrogen-bond acceptors (Lipinski definition) is 3. The van der Waals surface area contributed by atoms with E-state index in [1.807, 2.05) is 24.3 Å². The number of alkyl halides is 3. The molecule has 0 spiro atoms. The number of ether oxygens (including phenoxy) is 2. The van der Waals surface area contributed by atoms with Gasteiger partial charge in [-0.1, -0.05) is 0 Å². The maximum absolute atomic E-state index is 12.1. The molecule has 114 valence electrons. The predicted molar refractivity (Wildman–Crippen MR) is 80.5 cm³/mol. The van der Waals surface area contributed by atoms with Crippen LogP contribution in [0.2, 0.25) is 0 Å². The molecular formula is C16H11F3O2S. The second-order valence-electron chi connectivity index (χ2n) is 4.59. The number of rotatable bonds is 3. The molecule has 0 saturated heterocycles. The molecular weight excluding hydrogens is 313 g/mol. The van der Waals surface area contributed by atoms with Crippen molar-refractivity contribution in [3.8, 4) is 21.9 Å². The zero-order valence-corrected chi connectivity index (χ0v) is 12.3. The first-order valence-electron chi connectivity index (χ1n) is 6.38. The van der Waals surface area contributed by atoms with Crippen molar-refractivity contribution in [2.45, 2.75) is 6.36 Å². The van der Waals surface area contributed by atoms with Crippen LogP contribution in [0.3, 0.4) is 0 Å². The maximum atomic E-state index is 12.1. The Morgan fingerprint density at radius 3 is 2.23 bits per heavy atom. The maximum Gasteiger partial charge on any atom is 0.573 e. The van der Waals surface area contributed by atoms with Gasteiger partial charge in [-0.2, -0.15) is 0 Å². The third kappa shape index (κ3) is 3.17. The molecule has 22 heavy (non-hydrogen) atoms. The standard InChI is InChI=1S/C16H11F3O2S/c1-20-13-7-4-11-8-14(22-15(11)9-13)10-2-5-12(6-3-10)21-16(17,18)19/h2-9H,1H3. The van der Waals surface area contributed by atoms with E-state index < -0.39 is 6.36 Å². The second-order valence-corrected chi connectivity index (χ2v) is 5.67.